The highest BCUT2D eigenvalue weighted by Gasteiger charge is 2.11. The van der Waals surface area contributed by atoms with E-state index in [2.05, 4.69) is 16.8 Å². The molecule has 1 aliphatic rings. The van der Waals surface area contributed by atoms with Crippen molar-refractivity contribution < 1.29 is 4.39 Å². The molecule has 2 aromatic rings. The van der Waals surface area contributed by atoms with Crippen LogP contribution in [0.4, 0.5) is 4.39 Å². The third-order valence-electron chi connectivity index (χ3n) is 2.69. The van der Waals surface area contributed by atoms with E-state index in [-0.39, 0.29) is 5.82 Å². The normalized spacial score (nSPS) is 15.9. The smallest absolute Gasteiger partial charge is 0.124 e. The summed E-state index contributed by atoms with van der Waals surface area (Å²) in [6.07, 6.45) is 2.20. The van der Waals surface area contributed by atoms with Crippen LogP contribution in [0.2, 0.25) is 0 Å². The molecule has 1 aromatic heterocycles. The molecule has 0 radical (unpaired) electrons. The molecule has 0 fully saturated rings. The van der Waals surface area contributed by atoms with Gasteiger partial charge in [-0.3, -0.25) is 0 Å². The Bertz CT molecular complexity index is 542. The van der Waals surface area contributed by atoms with Gasteiger partial charge < -0.3 is 5.32 Å². The summed E-state index contributed by atoms with van der Waals surface area (Å²) in [6, 6.07) is 5.00. The van der Waals surface area contributed by atoms with E-state index in [1.54, 1.807) is 17.4 Å². The van der Waals surface area contributed by atoms with Crippen LogP contribution in [0.5, 0.6) is 0 Å². The number of fused-ring (bicyclic) bond motifs is 1. The van der Waals surface area contributed by atoms with E-state index in [0.717, 1.165) is 23.2 Å². The largest absolute Gasteiger partial charge is 0.309 e. The maximum absolute atomic E-state index is 13.0. The Morgan fingerprint density at radius 2 is 2.27 bits per heavy atom. The Labute approximate surface area is 91.2 Å². The molecule has 15 heavy (non-hydrogen) atoms. The molecule has 76 valence electrons. The molecule has 0 unspecified atom stereocenters. The van der Waals surface area contributed by atoms with Crippen molar-refractivity contribution >= 4 is 27.0 Å². The summed E-state index contributed by atoms with van der Waals surface area (Å²) in [5, 5.41) is 6.55. The number of thiophene rings is 1. The Kier molecular flexibility index (Phi) is 2.08. The standard InChI is InChI=1S/C12H10FNS/c13-9-1-2-10-11(7-15-12(10)5-9)8-3-4-14-6-8/h1-3,5,7,14H,4,6H2. The molecule has 0 atom stereocenters. The van der Waals surface area contributed by atoms with Gasteiger partial charge in [-0.25, -0.2) is 4.39 Å². The van der Waals surface area contributed by atoms with Gasteiger partial charge in [-0.2, -0.15) is 0 Å². The fraction of sp³-hybridized carbons (Fsp3) is 0.167. The summed E-state index contributed by atoms with van der Waals surface area (Å²) in [7, 11) is 0. The second-order valence-corrected chi connectivity index (χ2v) is 4.56. The maximum atomic E-state index is 13.0. The van der Waals surface area contributed by atoms with E-state index in [1.807, 2.05) is 6.07 Å². The molecular formula is C12H10FNS. The van der Waals surface area contributed by atoms with Crippen molar-refractivity contribution in [2.75, 3.05) is 13.1 Å². The Morgan fingerprint density at radius 1 is 1.33 bits per heavy atom. The van der Waals surface area contributed by atoms with Crippen LogP contribution < -0.4 is 5.32 Å². The van der Waals surface area contributed by atoms with Gasteiger partial charge in [0.1, 0.15) is 5.82 Å². The minimum Gasteiger partial charge on any atom is -0.309 e. The number of halogens is 1. The lowest BCUT2D eigenvalue weighted by atomic mass is 10.1. The van der Waals surface area contributed by atoms with Crippen molar-refractivity contribution in [3.8, 4) is 0 Å². The molecular weight excluding hydrogens is 209 g/mol. The summed E-state index contributed by atoms with van der Waals surface area (Å²) in [6.45, 7) is 1.86. The lowest BCUT2D eigenvalue weighted by Crippen LogP contribution is -2.07. The molecule has 2 heterocycles. The fourth-order valence-corrected chi connectivity index (χ4v) is 2.94. The van der Waals surface area contributed by atoms with Crippen LogP contribution in [0.3, 0.4) is 0 Å². The minimum atomic E-state index is -0.158. The predicted molar refractivity (Wildman–Crippen MR) is 62.6 cm³/mol. The summed E-state index contributed by atoms with van der Waals surface area (Å²) < 4.78 is 14.0. The van der Waals surface area contributed by atoms with Gasteiger partial charge in [-0.1, -0.05) is 12.1 Å². The Morgan fingerprint density at radius 3 is 3.07 bits per heavy atom. The average molecular weight is 219 g/mol. The zero-order valence-corrected chi connectivity index (χ0v) is 8.90. The first kappa shape index (κ1) is 9.07. The van der Waals surface area contributed by atoms with Crippen LogP contribution in [-0.4, -0.2) is 13.1 Å². The lowest BCUT2D eigenvalue weighted by molar-refractivity contribution is 0.630. The van der Waals surface area contributed by atoms with E-state index < -0.39 is 0 Å². The molecule has 1 nitrogen and oxygen atoms in total. The summed E-state index contributed by atoms with van der Waals surface area (Å²) in [5.74, 6) is -0.158. The van der Waals surface area contributed by atoms with E-state index in [4.69, 9.17) is 0 Å². The zero-order chi connectivity index (χ0) is 10.3. The van der Waals surface area contributed by atoms with Crippen LogP contribution >= 0.6 is 11.3 Å². The number of nitrogens with one attached hydrogen (secondary N) is 1. The topological polar surface area (TPSA) is 12.0 Å². The monoisotopic (exact) mass is 219 g/mol. The molecule has 0 bridgehead atoms. The van der Waals surface area contributed by atoms with E-state index in [9.17, 15) is 4.39 Å². The van der Waals surface area contributed by atoms with Crippen molar-refractivity contribution in [2.24, 2.45) is 0 Å². The second-order valence-electron chi connectivity index (χ2n) is 3.65. The van der Waals surface area contributed by atoms with Crippen molar-refractivity contribution in [3.63, 3.8) is 0 Å². The van der Waals surface area contributed by atoms with E-state index in [1.165, 1.54) is 17.2 Å². The van der Waals surface area contributed by atoms with Gasteiger partial charge in [0.05, 0.1) is 0 Å². The highest BCUT2D eigenvalue weighted by molar-refractivity contribution is 7.17. The van der Waals surface area contributed by atoms with Crippen LogP contribution in [0, 0.1) is 5.82 Å². The predicted octanol–water partition coefficient (Wildman–Crippen LogP) is 3.03. The molecule has 3 rings (SSSR count). The summed E-state index contributed by atoms with van der Waals surface area (Å²) >= 11 is 1.61. The van der Waals surface area contributed by atoms with E-state index in [0.29, 0.717) is 0 Å². The third kappa shape index (κ3) is 1.48. The van der Waals surface area contributed by atoms with Crippen LogP contribution in [0.25, 0.3) is 15.7 Å². The van der Waals surface area contributed by atoms with Gasteiger partial charge in [-0.05, 0) is 28.6 Å². The third-order valence-corrected chi connectivity index (χ3v) is 3.64. The van der Waals surface area contributed by atoms with Gasteiger partial charge in [0.25, 0.3) is 0 Å². The average Bonchev–Trinajstić information content (AvgIpc) is 2.82. The number of rotatable bonds is 1. The highest BCUT2D eigenvalue weighted by atomic mass is 32.1. The molecule has 1 N–H and O–H groups in total. The summed E-state index contributed by atoms with van der Waals surface area (Å²) in [5.41, 5.74) is 2.58. The molecule has 0 aliphatic carbocycles. The van der Waals surface area contributed by atoms with Crippen LogP contribution in [0.15, 0.2) is 29.7 Å². The summed E-state index contributed by atoms with van der Waals surface area (Å²) in [4.78, 5) is 0. The first-order chi connectivity index (χ1) is 7.34. The quantitative estimate of drug-likeness (QED) is 0.777. The Balaban J connectivity index is 2.19. The van der Waals surface area contributed by atoms with Crippen molar-refractivity contribution in [3.05, 3.63) is 41.0 Å². The number of hydrogen-bond acceptors (Lipinski definition) is 2. The number of benzene rings is 1. The molecule has 0 amide bonds. The molecule has 1 aromatic carbocycles. The molecule has 3 heteroatoms. The maximum Gasteiger partial charge on any atom is 0.124 e. The minimum absolute atomic E-state index is 0.158. The molecule has 0 saturated heterocycles. The Hall–Kier alpha value is -1.19. The van der Waals surface area contributed by atoms with Gasteiger partial charge in [-0.15, -0.1) is 11.3 Å². The molecule has 0 spiro atoms. The molecule has 1 aliphatic heterocycles. The highest BCUT2D eigenvalue weighted by Crippen LogP contribution is 2.31. The zero-order valence-electron chi connectivity index (χ0n) is 8.09. The van der Waals surface area contributed by atoms with Gasteiger partial charge in [0, 0.05) is 23.2 Å². The first-order valence-corrected chi connectivity index (χ1v) is 5.79. The van der Waals surface area contributed by atoms with Gasteiger partial charge in [0.2, 0.25) is 0 Å². The van der Waals surface area contributed by atoms with Crippen molar-refractivity contribution in [1.82, 2.24) is 5.32 Å². The first-order valence-electron chi connectivity index (χ1n) is 4.91. The van der Waals surface area contributed by atoms with Crippen LogP contribution in [-0.2, 0) is 0 Å². The van der Waals surface area contributed by atoms with Crippen molar-refractivity contribution in [2.45, 2.75) is 0 Å². The molecule has 0 saturated carbocycles. The van der Waals surface area contributed by atoms with Crippen LogP contribution in [0.1, 0.15) is 5.56 Å². The second kappa shape index (κ2) is 3.43. The fourth-order valence-electron chi connectivity index (χ4n) is 1.93. The van der Waals surface area contributed by atoms with E-state index >= 15 is 0 Å². The SMILES string of the molecule is Fc1ccc2c(C3=CCNC3)csc2c1. The lowest BCUT2D eigenvalue weighted by Gasteiger charge is -1.99. The van der Waals surface area contributed by atoms with Crippen molar-refractivity contribution in [1.29, 1.82) is 0 Å². The van der Waals surface area contributed by atoms with Gasteiger partial charge >= 0.3 is 0 Å². The number of hydrogen-bond donors (Lipinski definition) is 1. The van der Waals surface area contributed by atoms with Gasteiger partial charge in [0.15, 0.2) is 0 Å².